The van der Waals surface area contributed by atoms with E-state index in [1.807, 2.05) is 0 Å². The number of H-pyrrole nitrogens is 1. The molecule has 15 heavy (non-hydrogen) atoms. The van der Waals surface area contributed by atoms with E-state index in [2.05, 4.69) is 18.1 Å². The third-order valence-electron chi connectivity index (χ3n) is 2.22. The van der Waals surface area contributed by atoms with E-state index in [-0.39, 0.29) is 5.82 Å². The van der Waals surface area contributed by atoms with E-state index in [4.69, 9.17) is 11.6 Å². The summed E-state index contributed by atoms with van der Waals surface area (Å²) in [6.07, 6.45) is 0. The quantitative estimate of drug-likeness (QED) is 0.761. The van der Waals surface area contributed by atoms with E-state index in [1.54, 1.807) is 18.2 Å². The second-order valence-corrected chi connectivity index (χ2v) is 3.69. The van der Waals surface area contributed by atoms with Crippen LogP contribution in [0.5, 0.6) is 0 Å². The van der Waals surface area contributed by atoms with Crippen molar-refractivity contribution in [2.45, 2.75) is 0 Å². The molecule has 0 atom stereocenters. The Morgan fingerprint density at radius 1 is 1.27 bits per heavy atom. The first-order valence-electron chi connectivity index (χ1n) is 4.41. The van der Waals surface area contributed by atoms with Gasteiger partial charge in [-0.15, -0.1) is 0 Å². The van der Waals surface area contributed by atoms with Crippen LogP contribution < -0.4 is 10.6 Å². The van der Waals surface area contributed by atoms with Gasteiger partial charge in [0.25, 0.3) is 0 Å². The fourth-order valence-corrected chi connectivity index (χ4v) is 1.69. The van der Waals surface area contributed by atoms with Gasteiger partial charge < -0.3 is 4.98 Å². The van der Waals surface area contributed by atoms with Gasteiger partial charge in [-0.2, -0.15) is 0 Å². The standard InChI is InChI=1S/C12H9ClFN/c1-7-6-11(15-8(7)2)12-9(13)4-3-5-10(12)14/h3-6,15H,1-2H2. The van der Waals surface area contributed by atoms with Gasteiger partial charge in [0.15, 0.2) is 0 Å². The van der Waals surface area contributed by atoms with E-state index >= 15 is 0 Å². The molecule has 1 aromatic carbocycles. The average Bonchev–Trinajstić information content (AvgIpc) is 2.46. The highest BCUT2D eigenvalue weighted by Gasteiger charge is 2.10. The molecule has 1 aromatic heterocycles. The highest BCUT2D eigenvalue weighted by Crippen LogP contribution is 2.27. The minimum absolute atomic E-state index is 0.358. The number of hydrogen-bond donors (Lipinski definition) is 1. The zero-order chi connectivity index (χ0) is 11.0. The molecule has 0 spiro atoms. The number of nitrogens with one attached hydrogen (secondary N) is 1. The monoisotopic (exact) mass is 221 g/mol. The molecule has 1 nitrogen and oxygen atoms in total. The van der Waals surface area contributed by atoms with Crippen molar-refractivity contribution in [3.63, 3.8) is 0 Å². The Hall–Kier alpha value is -1.54. The predicted molar refractivity (Wildman–Crippen MR) is 61.5 cm³/mol. The maximum atomic E-state index is 13.5. The molecule has 0 aliphatic rings. The Kier molecular flexibility index (Phi) is 2.37. The summed E-state index contributed by atoms with van der Waals surface area (Å²) >= 11 is 5.92. The molecule has 0 unspecified atom stereocenters. The Morgan fingerprint density at radius 2 is 2.00 bits per heavy atom. The van der Waals surface area contributed by atoms with Gasteiger partial charge in [0.1, 0.15) is 5.82 Å². The van der Waals surface area contributed by atoms with Crippen LogP contribution in [0.1, 0.15) is 0 Å². The molecule has 2 rings (SSSR count). The van der Waals surface area contributed by atoms with Gasteiger partial charge in [0.05, 0.1) is 16.3 Å². The Balaban J connectivity index is 2.74. The van der Waals surface area contributed by atoms with Crippen LogP contribution in [-0.4, -0.2) is 4.98 Å². The molecular formula is C12H9ClFN. The molecule has 0 bridgehead atoms. The number of benzene rings is 1. The summed E-state index contributed by atoms with van der Waals surface area (Å²) in [5.74, 6) is -0.358. The molecule has 0 radical (unpaired) electrons. The molecule has 0 aliphatic heterocycles. The van der Waals surface area contributed by atoms with Crippen molar-refractivity contribution >= 4 is 24.8 Å². The lowest BCUT2D eigenvalue weighted by molar-refractivity contribution is 0.631. The van der Waals surface area contributed by atoms with Crippen molar-refractivity contribution in [3.05, 3.63) is 45.7 Å². The molecule has 0 saturated heterocycles. The number of hydrogen-bond acceptors (Lipinski definition) is 0. The molecule has 1 heterocycles. The summed E-state index contributed by atoms with van der Waals surface area (Å²) in [6.45, 7) is 7.51. The number of aromatic amines is 1. The zero-order valence-electron chi connectivity index (χ0n) is 7.98. The largest absolute Gasteiger partial charge is 0.355 e. The maximum absolute atomic E-state index is 13.5. The van der Waals surface area contributed by atoms with E-state index in [1.165, 1.54) is 6.07 Å². The first-order valence-corrected chi connectivity index (χ1v) is 4.78. The van der Waals surface area contributed by atoms with Gasteiger partial charge in [-0.05, 0) is 23.4 Å². The summed E-state index contributed by atoms with van der Waals surface area (Å²) < 4.78 is 13.5. The molecule has 0 aliphatic carbocycles. The summed E-state index contributed by atoms with van der Waals surface area (Å²) in [7, 11) is 0. The average molecular weight is 222 g/mol. The van der Waals surface area contributed by atoms with Crippen molar-refractivity contribution in [3.8, 4) is 11.3 Å². The maximum Gasteiger partial charge on any atom is 0.134 e. The van der Waals surface area contributed by atoms with Gasteiger partial charge in [-0.1, -0.05) is 30.8 Å². The van der Waals surface area contributed by atoms with E-state index < -0.39 is 0 Å². The van der Waals surface area contributed by atoms with Gasteiger partial charge in [-0.25, -0.2) is 4.39 Å². The van der Waals surface area contributed by atoms with Crippen LogP contribution in [-0.2, 0) is 0 Å². The Morgan fingerprint density at radius 3 is 2.53 bits per heavy atom. The summed E-state index contributed by atoms with van der Waals surface area (Å²) in [6, 6.07) is 6.31. The van der Waals surface area contributed by atoms with Crippen LogP contribution in [0.4, 0.5) is 4.39 Å². The smallest absolute Gasteiger partial charge is 0.134 e. The zero-order valence-corrected chi connectivity index (χ0v) is 8.74. The van der Waals surface area contributed by atoms with E-state index in [0.717, 1.165) is 5.22 Å². The lowest BCUT2D eigenvalue weighted by Gasteiger charge is -2.02. The van der Waals surface area contributed by atoms with Crippen molar-refractivity contribution in [2.24, 2.45) is 0 Å². The van der Waals surface area contributed by atoms with Crippen LogP contribution in [0.25, 0.3) is 24.4 Å². The minimum atomic E-state index is -0.358. The van der Waals surface area contributed by atoms with Crippen molar-refractivity contribution in [1.29, 1.82) is 0 Å². The SMILES string of the molecule is C=c1cc(-c2c(F)cccc2Cl)[nH]c1=C. The molecule has 2 aromatic rings. The topological polar surface area (TPSA) is 15.8 Å². The van der Waals surface area contributed by atoms with Crippen molar-refractivity contribution in [1.82, 2.24) is 4.98 Å². The fraction of sp³-hybridized carbons (Fsp3) is 0. The fourth-order valence-electron chi connectivity index (χ4n) is 1.43. The predicted octanol–water partition coefficient (Wildman–Crippen LogP) is 2.29. The van der Waals surface area contributed by atoms with Gasteiger partial charge in [-0.3, -0.25) is 0 Å². The number of halogens is 2. The van der Waals surface area contributed by atoms with Gasteiger partial charge in [0.2, 0.25) is 0 Å². The highest BCUT2D eigenvalue weighted by atomic mass is 35.5. The first kappa shape index (κ1) is 9.99. The minimum Gasteiger partial charge on any atom is -0.355 e. The molecule has 0 fully saturated rings. The van der Waals surface area contributed by atoms with Gasteiger partial charge >= 0.3 is 0 Å². The Bertz CT molecular complexity index is 553. The second-order valence-electron chi connectivity index (χ2n) is 3.28. The van der Waals surface area contributed by atoms with Gasteiger partial charge in [0, 0.05) is 5.35 Å². The normalized spacial score (nSPS) is 10.5. The molecule has 0 saturated carbocycles. The first-order chi connectivity index (χ1) is 7.09. The Labute approximate surface area is 91.5 Å². The molecule has 76 valence electrons. The molecule has 0 amide bonds. The lowest BCUT2D eigenvalue weighted by Crippen LogP contribution is -2.17. The van der Waals surface area contributed by atoms with Crippen LogP contribution in [0.15, 0.2) is 24.3 Å². The molecular weight excluding hydrogens is 213 g/mol. The lowest BCUT2D eigenvalue weighted by atomic mass is 10.1. The number of aromatic nitrogens is 1. The van der Waals surface area contributed by atoms with Crippen LogP contribution in [0.2, 0.25) is 5.02 Å². The van der Waals surface area contributed by atoms with Crippen LogP contribution in [0, 0.1) is 5.82 Å². The third-order valence-corrected chi connectivity index (χ3v) is 2.54. The van der Waals surface area contributed by atoms with E-state index in [9.17, 15) is 4.39 Å². The summed E-state index contributed by atoms with van der Waals surface area (Å²) in [5.41, 5.74) is 0.965. The highest BCUT2D eigenvalue weighted by molar-refractivity contribution is 6.33. The molecule has 1 N–H and O–H groups in total. The van der Waals surface area contributed by atoms with Crippen molar-refractivity contribution < 1.29 is 4.39 Å². The van der Waals surface area contributed by atoms with Crippen molar-refractivity contribution in [2.75, 3.05) is 0 Å². The second kappa shape index (κ2) is 3.55. The summed E-state index contributed by atoms with van der Waals surface area (Å²) in [5, 5.41) is 1.78. The third kappa shape index (κ3) is 1.68. The number of rotatable bonds is 1. The molecule has 3 heteroatoms. The van der Waals surface area contributed by atoms with Crippen LogP contribution in [0.3, 0.4) is 0 Å². The van der Waals surface area contributed by atoms with E-state index in [0.29, 0.717) is 21.6 Å². The van der Waals surface area contributed by atoms with Crippen LogP contribution >= 0.6 is 11.6 Å². The summed E-state index contributed by atoms with van der Waals surface area (Å²) in [4.78, 5) is 2.94.